The Balaban J connectivity index is 1.93. The predicted molar refractivity (Wildman–Crippen MR) is 102 cm³/mol. The summed E-state index contributed by atoms with van der Waals surface area (Å²) in [7, 11) is 0. The summed E-state index contributed by atoms with van der Waals surface area (Å²) in [6, 6.07) is 17.9. The van der Waals surface area contributed by atoms with E-state index in [9.17, 15) is 4.79 Å². The van der Waals surface area contributed by atoms with Crippen molar-refractivity contribution in [3.8, 4) is 5.75 Å². The molecule has 0 fully saturated rings. The zero-order valence-electron chi connectivity index (χ0n) is 13.9. The molecule has 1 aliphatic rings. The number of amides is 1. The van der Waals surface area contributed by atoms with Gasteiger partial charge in [0, 0.05) is 28.3 Å². The van der Waals surface area contributed by atoms with Crippen LogP contribution in [-0.2, 0) is 4.79 Å². The SMILES string of the molecule is CCOc1ccc(Cl)cc1[C@@H]1CC(=O)Nc2c1ccc1ccccc21. The second-order valence-corrected chi connectivity index (χ2v) is 6.61. The Morgan fingerprint density at radius 2 is 1.96 bits per heavy atom. The van der Waals surface area contributed by atoms with Crippen LogP contribution < -0.4 is 10.1 Å². The van der Waals surface area contributed by atoms with Crippen LogP contribution in [0.4, 0.5) is 5.69 Å². The van der Waals surface area contributed by atoms with Crippen molar-refractivity contribution in [2.24, 2.45) is 0 Å². The van der Waals surface area contributed by atoms with Crippen molar-refractivity contribution in [3.05, 3.63) is 70.7 Å². The van der Waals surface area contributed by atoms with Crippen LogP contribution in [0.1, 0.15) is 30.4 Å². The van der Waals surface area contributed by atoms with E-state index in [1.165, 1.54) is 0 Å². The highest BCUT2D eigenvalue weighted by Crippen LogP contribution is 2.44. The molecule has 4 heteroatoms. The van der Waals surface area contributed by atoms with E-state index in [2.05, 4.69) is 23.5 Å². The summed E-state index contributed by atoms with van der Waals surface area (Å²) in [4.78, 5) is 12.4. The Morgan fingerprint density at radius 1 is 1.12 bits per heavy atom. The maximum atomic E-state index is 12.4. The molecule has 1 atom stereocenters. The van der Waals surface area contributed by atoms with Gasteiger partial charge in [-0.1, -0.05) is 48.0 Å². The lowest BCUT2D eigenvalue weighted by Crippen LogP contribution is -2.24. The van der Waals surface area contributed by atoms with Gasteiger partial charge in [-0.3, -0.25) is 4.79 Å². The van der Waals surface area contributed by atoms with Crippen molar-refractivity contribution in [2.75, 3.05) is 11.9 Å². The van der Waals surface area contributed by atoms with E-state index in [1.54, 1.807) is 0 Å². The van der Waals surface area contributed by atoms with Crippen molar-refractivity contribution in [1.29, 1.82) is 0 Å². The molecule has 1 N–H and O–H groups in total. The second kappa shape index (κ2) is 6.41. The van der Waals surface area contributed by atoms with Crippen LogP contribution in [-0.4, -0.2) is 12.5 Å². The lowest BCUT2D eigenvalue weighted by atomic mass is 9.83. The topological polar surface area (TPSA) is 38.3 Å². The fourth-order valence-corrected chi connectivity index (χ4v) is 3.74. The highest BCUT2D eigenvalue weighted by Gasteiger charge is 2.29. The summed E-state index contributed by atoms with van der Waals surface area (Å²) < 4.78 is 5.79. The molecule has 0 saturated carbocycles. The average Bonchev–Trinajstić information content (AvgIpc) is 2.62. The number of fused-ring (bicyclic) bond motifs is 3. The third kappa shape index (κ3) is 2.85. The van der Waals surface area contributed by atoms with Crippen molar-refractivity contribution in [3.63, 3.8) is 0 Å². The summed E-state index contributed by atoms with van der Waals surface area (Å²) in [5, 5.41) is 5.86. The first-order chi connectivity index (χ1) is 12.2. The summed E-state index contributed by atoms with van der Waals surface area (Å²) in [5.74, 6) is 0.718. The molecule has 1 aliphatic heterocycles. The van der Waals surface area contributed by atoms with Crippen LogP contribution in [0.2, 0.25) is 5.02 Å². The Labute approximate surface area is 151 Å². The van der Waals surface area contributed by atoms with Gasteiger partial charge in [0.1, 0.15) is 5.75 Å². The molecule has 4 rings (SSSR count). The number of ether oxygens (including phenoxy) is 1. The van der Waals surface area contributed by atoms with E-state index in [4.69, 9.17) is 16.3 Å². The summed E-state index contributed by atoms with van der Waals surface area (Å²) in [5.41, 5.74) is 2.95. The first kappa shape index (κ1) is 16.0. The molecule has 0 aliphatic carbocycles. The van der Waals surface area contributed by atoms with E-state index >= 15 is 0 Å². The van der Waals surface area contributed by atoms with Gasteiger partial charge < -0.3 is 10.1 Å². The largest absolute Gasteiger partial charge is 0.494 e. The quantitative estimate of drug-likeness (QED) is 0.689. The molecule has 0 unspecified atom stereocenters. The minimum atomic E-state index is -0.0754. The monoisotopic (exact) mass is 351 g/mol. The van der Waals surface area contributed by atoms with E-state index in [1.807, 2.05) is 43.3 Å². The standard InChI is InChI=1S/C21H18ClNO2/c1-2-25-19-10-8-14(22)11-18(19)17-12-20(24)23-21-15-6-4-3-5-13(15)7-9-16(17)21/h3-11,17H,2,12H2,1H3,(H,23,24)/t17-/m1/s1. The number of rotatable bonds is 3. The number of halogens is 1. The summed E-state index contributed by atoms with van der Waals surface area (Å²) in [6.45, 7) is 2.52. The van der Waals surface area contributed by atoms with Gasteiger partial charge >= 0.3 is 0 Å². The van der Waals surface area contributed by atoms with Crippen LogP contribution >= 0.6 is 11.6 Å². The molecular weight excluding hydrogens is 334 g/mol. The molecule has 126 valence electrons. The number of carbonyl (C=O) groups excluding carboxylic acids is 1. The normalized spacial score (nSPS) is 16.4. The molecule has 1 amide bonds. The molecule has 0 radical (unpaired) electrons. The van der Waals surface area contributed by atoms with Crippen molar-refractivity contribution >= 4 is 34.0 Å². The molecule has 0 bridgehead atoms. The maximum absolute atomic E-state index is 12.4. The van der Waals surface area contributed by atoms with Gasteiger partial charge in [0.25, 0.3) is 0 Å². The number of nitrogens with one attached hydrogen (secondary N) is 1. The van der Waals surface area contributed by atoms with Crippen LogP contribution in [0.25, 0.3) is 10.8 Å². The van der Waals surface area contributed by atoms with E-state index in [0.717, 1.165) is 33.3 Å². The highest BCUT2D eigenvalue weighted by atomic mass is 35.5. The van der Waals surface area contributed by atoms with Crippen LogP contribution in [0.5, 0.6) is 5.75 Å². The Kier molecular flexibility index (Phi) is 4.10. The number of benzene rings is 3. The van der Waals surface area contributed by atoms with E-state index in [0.29, 0.717) is 18.1 Å². The molecule has 1 heterocycles. The minimum absolute atomic E-state index is 0.0104. The molecular formula is C21H18ClNO2. The highest BCUT2D eigenvalue weighted by molar-refractivity contribution is 6.30. The molecule has 3 aromatic carbocycles. The average molecular weight is 352 g/mol. The van der Waals surface area contributed by atoms with Crippen molar-refractivity contribution < 1.29 is 9.53 Å². The number of hydrogen-bond acceptors (Lipinski definition) is 2. The van der Waals surface area contributed by atoms with Crippen molar-refractivity contribution in [2.45, 2.75) is 19.3 Å². The minimum Gasteiger partial charge on any atom is -0.494 e. The molecule has 0 saturated heterocycles. The predicted octanol–water partition coefficient (Wildman–Crippen LogP) is 5.37. The van der Waals surface area contributed by atoms with Gasteiger partial charge in [0.05, 0.1) is 12.3 Å². The molecule has 3 aromatic rings. The molecule has 3 nitrogen and oxygen atoms in total. The number of hydrogen-bond donors (Lipinski definition) is 1. The van der Waals surface area contributed by atoms with Gasteiger partial charge in [-0.2, -0.15) is 0 Å². The number of carbonyl (C=O) groups is 1. The van der Waals surface area contributed by atoms with Gasteiger partial charge in [-0.15, -0.1) is 0 Å². The van der Waals surface area contributed by atoms with Gasteiger partial charge in [0.2, 0.25) is 5.91 Å². The maximum Gasteiger partial charge on any atom is 0.225 e. The van der Waals surface area contributed by atoms with Gasteiger partial charge in [0.15, 0.2) is 0 Å². The Morgan fingerprint density at radius 3 is 2.80 bits per heavy atom. The zero-order chi connectivity index (χ0) is 17.4. The summed E-state index contributed by atoms with van der Waals surface area (Å²) >= 11 is 6.24. The fraction of sp³-hybridized carbons (Fsp3) is 0.190. The molecule has 0 aromatic heterocycles. The van der Waals surface area contributed by atoms with E-state index < -0.39 is 0 Å². The second-order valence-electron chi connectivity index (χ2n) is 6.17. The van der Waals surface area contributed by atoms with Crippen LogP contribution in [0.15, 0.2) is 54.6 Å². The first-order valence-corrected chi connectivity index (χ1v) is 8.79. The van der Waals surface area contributed by atoms with E-state index in [-0.39, 0.29) is 11.8 Å². The van der Waals surface area contributed by atoms with Crippen LogP contribution in [0, 0.1) is 0 Å². The lowest BCUT2D eigenvalue weighted by Gasteiger charge is -2.28. The zero-order valence-corrected chi connectivity index (χ0v) is 14.6. The van der Waals surface area contributed by atoms with Gasteiger partial charge in [-0.05, 0) is 36.1 Å². The lowest BCUT2D eigenvalue weighted by molar-refractivity contribution is -0.116. The Hall–Kier alpha value is -2.52. The molecule has 25 heavy (non-hydrogen) atoms. The Bertz CT molecular complexity index is 967. The van der Waals surface area contributed by atoms with Crippen LogP contribution in [0.3, 0.4) is 0 Å². The first-order valence-electron chi connectivity index (χ1n) is 8.41. The smallest absolute Gasteiger partial charge is 0.225 e. The fourth-order valence-electron chi connectivity index (χ4n) is 3.56. The third-order valence-electron chi connectivity index (χ3n) is 4.64. The summed E-state index contributed by atoms with van der Waals surface area (Å²) in [6.07, 6.45) is 0.381. The molecule has 0 spiro atoms. The third-order valence-corrected chi connectivity index (χ3v) is 4.87. The van der Waals surface area contributed by atoms with Crippen molar-refractivity contribution in [1.82, 2.24) is 0 Å². The van der Waals surface area contributed by atoms with Gasteiger partial charge in [-0.25, -0.2) is 0 Å². The number of anilines is 1.